The number of esters is 1. The van der Waals surface area contributed by atoms with Crippen molar-refractivity contribution in [2.45, 2.75) is 18.2 Å². The van der Waals surface area contributed by atoms with E-state index in [9.17, 15) is 14.0 Å². The Morgan fingerprint density at radius 2 is 2.17 bits per heavy atom. The van der Waals surface area contributed by atoms with Crippen molar-refractivity contribution < 1.29 is 18.7 Å². The van der Waals surface area contributed by atoms with E-state index in [-0.39, 0.29) is 11.4 Å². The van der Waals surface area contributed by atoms with Gasteiger partial charge in [0.25, 0.3) is 0 Å². The fraction of sp³-hybridized carbons (Fsp3) is 0.500. The van der Waals surface area contributed by atoms with Gasteiger partial charge < -0.3 is 9.64 Å². The van der Waals surface area contributed by atoms with E-state index in [1.54, 1.807) is 12.3 Å². The van der Waals surface area contributed by atoms with Gasteiger partial charge in [0, 0.05) is 7.05 Å². The molecule has 0 radical (unpaired) electrons. The van der Waals surface area contributed by atoms with E-state index < -0.39 is 23.2 Å². The molecule has 0 amide bonds. The largest absolute Gasteiger partial charge is 0.468 e. The van der Waals surface area contributed by atoms with Crippen molar-refractivity contribution in [1.29, 1.82) is 0 Å². The third kappa shape index (κ3) is 2.75. The zero-order valence-corrected chi connectivity index (χ0v) is 11.6. The standard InChI is InChI=1S/C12H16FNO3S/c1-7(15)8-5-6-9(14(2)11(8)13)10(18-4)12(16)17-3/h5-6,9-10H,1-4H3. The molecule has 0 fully saturated rings. The summed E-state index contributed by atoms with van der Waals surface area (Å²) in [7, 11) is 2.81. The fourth-order valence-corrected chi connectivity index (χ4v) is 2.61. The molecule has 0 aliphatic carbocycles. The molecule has 100 valence electrons. The number of nitrogens with zero attached hydrogens (tertiary/aromatic N) is 1. The van der Waals surface area contributed by atoms with E-state index in [2.05, 4.69) is 4.74 Å². The van der Waals surface area contributed by atoms with Crippen molar-refractivity contribution in [3.63, 3.8) is 0 Å². The van der Waals surface area contributed by atoms with Crippen LogP contribution < -0.4 is 0 Å². The summed E-state index contributed by atoms with van der Waals surface area (Å²) in [5.41, 5.74) is 0.0264. The SMILES string of the molecule is COC(=O)C(SC)C1C=CC(C(C)=O)=C(F)N1C. The number of rotatable bonds is 4. The molecule has 0 N–H and O–H groups in total. The first-order valence-electron chi connectivity index (χ1n) is 5.36. The third-order valence-corrected chi connectivity index (χ3v) is 3.80. The zero-order chi connectivity index (χ0) is 13.9. The first-order valence-corrected chi connectivity index (χ1v) is 6.65. The second-order valence-electron chi connectivity index (χ2n) is 3.90. The number of ether oxygens (including phenoxy) is 1. The van der Waals surface area contributed by atoms with Gasteiger partial charge in [-0.15, -0.1) is 11.8 Å². The fourth-order valence-electron chi connectivity index (χ4n) is 1.77. The molecule has 1 aliphatic heterocycles. The van der Waals surface area contributed by atoms with Gasteiger partial charge in [-0.1, -0.05) is 6.08 Å². The number of methoxy groups -OCH3 is 1. The van der Waals surface area contributed by atoms with Crippen LogP contribution in [-0.4, -0.2) is 48.4 Å². The highest BCUT2D eigenvalue weighted by atomic mass is 32.2. The van der Waals surface area contributed by atoms with Crippen LogP contribution in [0.15, 0.2) is 23.7 Å². The maximum absolute atomic E-state index is 14.0. The Bertz CT molecular complexity index is 420. The molecule has 0 aromatic carbocycles. The van der Waals surface area contributed by atoms with Crippen LogP contribution in [0.5, 0.6) is 0 Å². The highest BCUT2D eigenvalue weighted by Gasteiger charge is 2.34. The van der Waals surface area contributed by atoms with Gasteiger partial charge in [-0.3, -0.25) is 9.59 Å². The second kappa shape index (κ2) is 6.04. The predicted octanol–water partition coefficient (Wildman–Crippen LogP) is 1.53. The minimum atomic E-state index is -0.613. The number of halogens is 1. The zero-order valence-electron chi connectivity index (χ0n) is 10.8. The summed E-state index contributed by atoms with van der Waals surface area (Å²) in [6, 6.07) is -0.462. The lowest BCUT2D eigenvalue weighted by Crippen LogP contribution is -2.43. The molecule has 0 aromatic rings. The molecule has 2 unspecified atom stereocenters. The second-order valence-corrected chi connectivity index (χ2v) is 4.88. The van der Waals surface area contributed by atoms with Crippen molar-refractivity contribution in [1.82, 2.24) is 4.90 Å². The van der Waals surface area contributed by atoms with Crippen molar-refractivity contribution >= 4 is 23.5 Å². The molecule has 2 atom stereocenters. The van der Waals surface area contributed by atoms with Gasteiger partial charge in [0.1, 0.15) is 5.25 Å². The van der Waals surface area contributed by atoms with Crippen LogP contribution in [0.3, 0.4) is 0 Å². The summed E-state index contributed by atoms with van der Waals surface area (Å²) < 4.78 is 18.7. The van der Waals surface area contributed by atoms with Crippen molar-refractivity contribution in [2.75, 3.05) is 20.4 Å². The van der Waals surface area contributed by atoms with Gasteiger partial charge in [0.2, 0.25) is 5.95 Å². The summed E-state index contributed by atoms with van der Waals surface area (Å²) >= 11 is 1.28. The smallest absolute Gasteiger partial charge is 0.321 e. The van der Waals surface area contributed by atoms with E-state index >= 15 is 0 Å². The number of thioether (sulfide) groups is 1. The Hall–Kier alpha value is -1.30. The number of hydrogen-bond acceptors (Lipinski definition) is 5. The highest BCUT2D eigenvalue weighted by molar-refractivity contribution is 8.00. The average Bonchev–Trinajstić information content (AvgIpc) is 2.34. The Labute approximate surface area is 110 Å². The van der Waals surface area contributed by atoms with E-state index in [4.69, 9.17) is 0 Å². The van der Waals surface area contributed by atoms with Crippen LogP contribution in [0.4, 0.5) is 4.39 Å². The van der Waals surface area contributed by atoms with Crippen LogP contribution in [0, 0.1) is 0 Å². The van der Waals surface area contributed by atoms with E-state index in [1.807, 2.05) is 0 Å². The number of carbonyl (C=O) groups excluding carboxylic acids is 2. The molecule has 6 heteroatoms. The number of ketones is 1. The number of Topliss-reactive ketones (excluding diaryl/α,β-unsaturated/α-hetero) is 1. The lowest BCUT2D eigenvalue weighted by atomic mass is 10.0. The van der Waals surface area contributed by atoms with Gasteiger partial charge in [-0.2, -0.15) is 4.39 Å². The molecule has 0 saturated carbocycles. The number of allylic oxidation sites excluding steroid dienone is 2. The monoisotopic (exact) mass is 273 g/mol. The summed E-state index contributed by atoms with van der Waals surface area (Å²) in [6.07, 6.45) is 4.83. The molecular weight excluding hydrogens is 257 g/mol. The summed E-state index contributed by atoms with van der Waals surface area (Å²) in [6.45, 7) is 1.31. The van der Waals surface area contributed by atoms with E-state index in [0.29, 0.717) is 0 Å². The van der Waals surface area contributed by atoms with Gasteiger partial charge in [-0.25, -0.2) is 0 Å². The van der Waals surface area contributed by atoms with Crippen molar-refractivity contribution in [2.24, 2.45) is 0 Å². The summed E-state index contributed by atoms with van der Waals surface area (Å²) in [4.78, 5) is 24.1. The van der Waals surface area contributed by atoms with Gasteiger partial charge >= 0.3 is 5.97 Å². The molecule has 0 aromatic heterocycles. The minimum absolute atomic E-state index is 0.0264. The topological polar surface area (TPSA) is 46.6 Å². The maximum Gasteiger partial charge on any atom is 0.321 e. The Kier molecular flexibility index (Phi) is 4.95. The predicted molar refractivity (Wildman–Crippen MR) is 68.8 cm³/mol. The van der Waals surface area contributed by atoms with Gasteiger partial charge in [-0.05, 0) is 19.3 Å². The van der Waals surface area contributed by atoms with E-state index in [0.717, 1.165) is 0 Å². The van der Waals surface area contributed by atoms with Crippen LogP contribution in [0.1, 0.15) is 6.92 Å². The van der Waals surface area contributed by atoms with Crippen molar-refractivity contribution in [3.05, 3.63) is 23.7 Å². The number of carbonyl (C=O) groups is 2. The van der Waals surface area contributed by atoms with Crippen LogP contribution in [0.25, 0.3) is 0 Å². The molecule has 1 aliphatic rings. The normalized spacial score (nSPS) is 20.9. The molecule has 1 heterocycles. The van der Waals surface area contributed by atoms with Crippen LogP contribution in [-0.2, 0) is 14.3 Å². The van der Waals surface area contributed by atoms with Crippen LogP contribution >= 0.6 is 11.8 Å². The lowest BCUT2D eigenvalue weighted by Gasteiger charge is -2.33. The van der Waals surface area contributed by atoms with Crippen LogP contribution in [0.2, 0.25) is 0 Å². The Morgan fingerprint density at radius 3 is 2.61 bits per heavy atom. The molecule has 4 nitrogen and oxygen atoms in total. The Balaban J connectivity index is 3.01. The molecule has 18 heavy (non-hydrogen) atoms. The molecule has 0 saturated heterocycles. The number of hydrogen-bond donors (Lipinski definition) is 0. The minimum Gasteiger partial charge on any atom is -0.468 e. The number of likely N-dealkylation sites (N-methyl/N-ethyl adjacent to an activating group) is 1. The molecule has 0 spiro atoms. The first kappa shape index (κ1) is 14.8. The van der Waals surface area contributed by atoms with Gasteiger partial charge in [0.05, 0.1) is 18.7 Å². The first-order chi connectivity index (χ1) is 8.43. The average molecular weight is 273 g/mol. The molecule has 0 bridgehead atoms. The summed E-state index contributed by atoms with van der Waals surface area (Å²) in [5.74, 6) is -1.37. The Morgan fingerprint density at radius 1 is 1.56 bits per heavy atom. The molecule has 1 rings (SSSR count). The van der Waals surface area contributed by atoms with Crippen molar-refractivity contribution in [3.8, 4) is 0 Å². The van der Waals surface area contributed by atoms with Gasteiger partial charge in [0.15, 0.2) is 5.78 Å². The maximum atomic E-state index is 14.0. The lowest BCUT2D eigenvalue weighted by molar-refractivity contribution is -0.140. The molecular formula is C12H16FNO3S. The highest BCUT2D eigenvalue weighted by Crippen LogP contribution is 2.28. The summed E-state index contributed by atoms with van der Waals surface area (Å²) in [5, 5.41) is -0.532. The van der Waals surface area contributed by atoms with E-state index in [1.165, 1.54) is 43.8 Å². The quantitative estimate of drug-likeness (QED) is 0.574. The third-order valence-electron chi connectivity index (χ3n) is 2.82.